The molecule has 0 amide bonds. The molecule has 0 radical (unpaired) electrons. The molecular weight excluding hydrogens is 497 g/mol. The van der Waals surface area contributed by atoms with Crippen molar-refractivity contribution in [1.82, 2.24) is 9.55 Å². The molecule has 0 aliphatic carbocycles. The van der Waals surface area contributed by atoms with Crippen LogP contribution in [0.3, 0.4) is 0 Å². The van der Waals surface area contributed by atoms with Crippen LogP contribution in [0.2, 0.25) is 5.02 Å². The van der Waals surface area contributed by atoms with E-state index in [9.17, 15) is 40.3 Å². The Morgan fingerprint density at radius 1 is 0.941 bits per heavy atom. The van der Waals surface area contributed by atoms with E-state index >= 15 is 0 Å². The maximum absolute atomic E-state index is 14.2. The van der Waals surface area contributed by atoms with Gasteiger partial charge in [-0.25, -0.2) is 18.7 Å². The molecule has 2 aromatic carbocycles. The average molecular weight is 507 g/mol. The second kappa shape index (κ2) is 7.72. The van der Waals surface area contributed by atoms with Crippen LogP contribution in [0, 0.1) is 5.82 Å². The molecule has 1 aliphatic heterocycles. The summed E-state index contributed by atoms with van der Waals surface area (Å²) < 4.78 is 99.2. The minimum atomic E-state index is -6.16. The van der Waals surface area contributed by atoms with E-state index < -0.39 is 52.2 Å². The van der Waals surface area contributed by atoms with Crippen molar-refractivity contribution in [2.45, 2.75) is 17.9 Å². The predicted octanol–water partition coefficient (Wildman–Crippen LogP) is 4.51. The first-order chi connectivity index (χ1) is 15.8. The van der Waals surface area contributed by atoms with Gasteiger partial charge in [0.25, 0.3) is 11.1 Å². The minimum Gasteiger partial charge on any atom is -0.325 e. The molecule has 0 saturated heterocycles. The van der Waals surface area contributed by atoms with Crippen LogP contribution in [0.1, 0.15) is 11.1 Å². The molecule has 0 fully saturated rings. The fourth-order valence-electron chi connectivity index (χ4n) is 3.53. The van der Waals surface area contributed by atoms with Crippen molar-refractivity contribution in [3.8, 4) is 5.69 Å². The van der Waals surface area contributed by atoms with Crippen LogP contribution in [0.4, 0.5) is 36.6 Å². The van der Waals surface area contributed by atoms with Crippen molar-refractivity contribution in [1.29, 1.82) is 0 Å². The van der Waals surface area contributed by atoms with Crippen LogP contribution in [-0.2, 0) is 5.54 Å². The molecule has 6 nitrogen and oxygen atoms in total. The summed E-state index contributed by atoms with van der Waals surface area (Å²) in [6.45, 7) is 0. The van der Waals surface area contributed by atoms with Gasteiger partial charge in [0, 0.05) is 10.6 Å². The molecule has 2 heterocycles. The molecule has 0 bridgehead atoms. The zero-order valence-corrected chi connectivity index (χ0v) is 17.1. The Balaban J connectivity index is 2.18. The quantitative estimate of drug-likeness (QED) is 0.502. The number of aromatic nitrogens is 2. The molecule has 0 atom stereocenters. The Morgan fingerprint density at radius 3 is 2.12 bits per heavy atom. The number of hydrogen-bond acceptors (Lipinski definition) is 4. The lowest BCUT2D eigenvalue weighted by molar-refractivity contribution is -0.301. The van der Waals surface area contributed by atoms with Gasteiger partial charge >= 0.3 is 18.0 Å². The minimum absolute atomic E-state index is 0.0285. The molecule has 34 heavy (non-hydrogen) atoms. The van der Waals surface area contributed by atoms with E-state index in [0.29, 0.717) is 4.57 Å². The summed E-state index contributed by atoms with van der Waals surface area (Å²) >= 11 is 5.83. The van der Waals surface area contributed by atoms with Crippen LogP contribution in [0.15, 0.2) is 63.1 Å². The largest absolute Gasteiger partial charge is 0.427 e. The second-order valence-corrected chi connectivity index (χ2v) is 7.53. The molecule has 3 aromatic rings. The van der Waals surface area contributed by atoms with E-state index in [2.05, 4.69) is 10.3 Å². The summed E-state index contributed by atoms with van der Waals surface area (Å²) in [6, 6.07) is 8.28. The second-order valence-electron chi connectivity index (χ2n) is 7.10. The van der Waals surface area contributed by atoms with Crippen molar-refractivity contribution in [2.24, 2.45) is 4.99 Å². The Labute approximate surface area is 189 Å². The van der Waals surface area contributed by atoms with E-state index in [0.717, 1.165) is 36.4 Å². The molecule has 1 aliphatic rings. The van der Waals surface area contributed by atoms with E-state index in [4.69, 9.17) is 11.6 Å². The maximum atomic E-state index is 14.2. The molecule has 178 valence electrons. The third kappa shape index (κ3) is 3.56. The molecule has 1 aromatic heterocycles. The van der Waals surface area contributed by atoms with Gasteiger partial charge in [-0.2, -0.15) is 26.3 Å². The van der Waals surface area contributed by atoms with Crippen LogP contribution < -0.4 is 16.6 Å². The number of fused-ring (bicyclic) bond motifs is 1. The number of hydrogen-bond donors (Lipinski definition) is 2. The lowest BCUT2D eigenvalue weighted by atomic mass is 9.87. The number of anilines is 1. The van der Waals surface area contributed by atoms with Crippen molar-refractivity contribution in [2.75, 3.05) is 5.32 Å². The van der Waals surface area contributed by atoms with Gasteiger partial charge in [0.1, 0.15) is 23.0 Å². The van der Waals surface area contributed by atoms with E-state index in [1.165, 1.54) is 17.1 Å². The number of aliphatic imine (C=N–C) groups is 1. The average Bonchev–Trinajstić information content (AvgIpc) is 2.72. The molecule has 2 N–H and O–H groups in total. The monoisotopic (exact) mass is 506 g/mol. The first kappa shape index (κ1) is 23.5. The highest BCUT2D eigenvalue weighted by Crippen LogP contribution is 2.55. The van der Waals surface area contributed by atoms with Gasteiger partial charge < -0.3 is 5.32 Å². The number of H-pyrrole nitrogens is 1. The van der Waals surface area contributed by atoms with Crippen molar-refractivity contribution >= 4 is 23.3 Å². The summed E-state index contributed by atoms with van der Waals surface area (Å²) in [6.07, 6.45) is -12.3. The van der Waals surface area contributed by atoms with Gasteiger partial charge in [-0.3, -0.25) is 9.78 Å². The molecular formula is C20H10ClF7N4O2. The highest BCUT2D eigenvalue weighted by molar-refractivity contribution is 6.31. The van der Waals surface area contributed by atoms with Crippen molar-refractivity contribution in [3.05, 3.63) is 91.3 Å². The van der Waals surface area contributed by atoms with Crippen molar-refractivity contribution in [3.63, 3.8) is 0 Å². The number of nitrogens with zero attached hydrogens (tertiary/aromatic N) is 2. The number of halogens is 8. The van der Waals surface area contributed by atoms with Crippen molar-refractivity contribution < 1.29 is 30.7 Å². The lowest BCUT2D eigenvalue weighted by Crippen LogP contribution is -2.59. The van der Waals surface area contributed by atoms with Crippen LogP contribution in [0.5, 0.6) is 0 Å². The number of amidine groups is 1. The number of nitrogens with one attached hydrogen (secondary N) is 2. The van der Waals surface area contributed by atoms with Gasteiger partial charge in [0.05, 0.1) is 5.69 Å². The highest BCUT2D eigenvalue weighted by Gasteiger charge is 2.75. The molecule has 0 unspecified atom stereocenters. The van der Waals surface area contributed by atoms with Gasteiger partial charge in [-0.1, -0.05) is 23.7 Å². The lowest BCUT2D eigenvalue weighted by Gasteiger charge is -2.38. The Bertz CT molecular complexity index is 1410. The van der Waals surface area contributed by atoms with E-state index in [1.807, 2.05) is 0 Å². The first-order valence-corrected chi connectivity index (χ1v) is 9.56. The van der Waals surface area contributed by atoms with Crippen LogP contribution >= 0.6 is 11.6 Å². The summed E-state index contributed by atoms with van der Waals surface area (Å²) in [5.74, 6) is -2.88. The van der Waals surface area contributed by atoms with E-state index in [1.54, 1.807) is 0 Å². The maximum Gasteiger partial charge on any atom is 0.427 e. The SMILES string of the molecule is O=c1[nH]c(=O)n(-c2ccc(F)cc2)c2c1C(C(F)(F)F)(C(F)(F)F)N=C(c1cccc(Cl)c1)N2. The Kier molecular flexibility index (Phi) is 5.35. The Hall–Kier alpha value is -3.61. The number of benzene rings is 2. The number of alkyl halides is 6. The summed E-state index contributed by atoms with van der Waals surface area (Å²) in [5, 5.41) is 2.21. The molecule has 14 heteroatoms. The summed E-state index contributed by atoms with van der Waals surface area (Å²) in [7, 11) is 0. The third-order valence-corrected chi connectivity index (χ3v) is 5.23. The summed E-state index contributed by atoms with van der Waals surface area (Å²) in [5.41, 5.74) is -10.9. The first-order valence-electron chi connectivity index (χ1n) is 9.18. The van der Waals surface area contributed by atoms with Gasteiger partial charge in [-0.05, 0) is 36.4 Å². The molecule has 0 spiro atoms. The third-order valence-electron chi connectivity index (χ3n) is 4.99. The van der Waals surface area contributed by atoms with Gasteiger partial charge in [-0.15, -0.1) is 0 Å². The summed E-state index contributed by atoms with van der Waals surface area (Å²) in [4.78, 5) is 29.4. The fourth-order valence-corrected chi connectivity index (χ4v) is 3.72. The Morgan fingerprint density at radius 2 is 1.56 bits per heavy atom. The number of rotatable bonds is 2. The smallest absolute Gasteiger partial charge is 0.325 e. The zero-order chi connectivity index (χ0) is 25.1. The standard InChI is InChI=1S/C20H10ClF7N4O2/c21-10-3-1-2-9(8-10)14-29-15-13(18(31-14,19(23,24)25)20(26,27)28)16(33)30-17(34)32(15)12-6-4-11(22)5-7-12/h1-8H,(H,29,31)(H,30,33,34). The molecule has 4 rings (SSSR count). The fraction of sp³-hybridized carbons (Fsp3) is 0.150. The molecule has 0 saturated carbocycles. The van der Waals surface area contributed by atoms with Crippen LogP contribution in [0.25, 0.3) is 5.69 Å². The van der Waals surface area contributed by atoms with Gasteiger partial charge in [0.15, 0.2) is 0 Å². The number of aromatic amines is 1. The highest BCUT2D eigenvalue weighted by atomic mass is 35.5. The topological polar surface area (TPSA) is 79.2 Å². The van der Waals surface area contributed by atoms with E-state index in [-0.39, 0.29) is 16.3 Å². The normalized spacial score (nSPS) is 15.4. The van der Waals surface area contributed by atoms with Crippen LogP contribution in [-0.4, -0.2) is 27.7 Å². The van der Waals surface area contributed by atoms with Gasteiger partial charge in [0.2, 0.25) is 0 Å². The zero-order valence-electron chi connectivity index (χ0n) is 16.4. The predicted molar refractivity (Wildman–Crippen MR) is 108 cm³/mol.